The van der Waals surface area contributed by atoms with E-state index in [1.165, 1.54) is 0 Å². The molecule has 24 heavy (non-hydrogen) atoms. The van der Waals surface area contributed by atoms with Crippen molar-refractivity contribution in [3.05, 3.63) is 48.0 Å². The smallest absolute Gasteiger partial charge is 0.255 e. The zero-order valence-corrected chi connectivity index (χ0v) is 15.1. The average Bonchev–Trinajstić information content (AvgIpc) is 2.61. The summed E-state index contributed by atoms with van der Waals surface area (Å²) in [6.45, 7) is 5.09. The van der Waals surface area contributed by atoms with Gasteiger partial charge in [-0.05, 0) is 62.1 Å². The Bertz CT molecular complexity index is 671. The highest BCUT2D eigenvalue weighted by atomic mass is 32.2. The standard InChI is InChI=1S/C19H23NO3S/c1-4-12-23-17-11-6-14(13-18(17)22-5-2)19(21)20-15-7-9-16(24-3)10-8-15/h6-11,13H,4-5,12H2,1-3H3,(H,20,21). The van der Waals surface area contributed by atoms with E-state index in [9.17, 15) is 4.79 Å². The molecule has 0 spiro atoms. The van der Waals surface area contributed by atoms with Crippen molar-refractivity contribution in [3.63, 3.8) is 0 Å². The predicted octanol–water partition coefficient (Wildman–Crippen LogP) is 4.85. The van der Waals surface area contributed by atoms with Crippen LogP contribution in [0.3, 0.4) is 0 Å². The van der Waals surface area contributed by atoms with Gasteiger partial charge in [-0.1, -0.05) is 6.92 Å². The summed E-state index contributed by atoms with van der Waals surface area (Å²) in [5.74, 6) is 1.09. The summed E-state index contributed by atoms with van der Waals surface area (Å²) >= 11 is 1.67. The van der Waals surface area contributed by atoms with Crippen molar-refractivity contribution >= 4 is 23.4 Å². The molecule has 4 nitrogen and oxygen atoms in total. The number of carbonyl (C=O) groups excluding carboxylic acids is 1. The summed E-state index contributed by atoms with van der Waals surface area (Å²) in [5, 5.41) is 2.90. The van der Waals surface area contributed by atoms with Gasteiger partial charge in [0.25, 0.3) is 5.91 Å². The molecular formula is C19H23NO3S. The molecule has 1 N–H and O–H groups in total. The van der Waals surface area contributed by atoms with Crippen molar-refractivity contribution in [2.75, 3.05) is 24.8 Å². The first-order chi connectivity index (χ1) is 11.7. The van der Waals surface area contributed by atoms with E-state index in [0.29, 0.717) is 30.3 Å². The van der Waals surface area contributed by atoms with Gasteiger partial charge in [-0.25, -0.2) is 0 Å². The van der Waals surface area contributed by atoms with Crippen LogP contribution in [0.25, 0.3) is 0 Å². The zero-order valence-electron chi connectivity index (χ0n) is 14.3. The van der Waals surface area contributed by atoms with Crippen LogP contribution in [0.5, 0.6) is 11.5 Å². The third-order valence-corrected chi connectivity index (χ3v) is 4.06. The molecule has 0 aliphatic carbocycles. The largest absolute Gasteiger partial charge is 0.490 e. The fourth-order valence-electron chi connectivity index (χ4n) is 2.13. The highest BCUT2D eigenvalue weighted by Crippen LogP contribution is 2.29. The van der Waals surface area contributed by atoms with Crippen molar-refractivity contribution in [1.82, 2.24) is 0 Å². The van der Waals surface area contributed by atoms with Crippen LogP contribution < -0.4 is 14.8 Å². The average molecular weight is 345 g/mol. The second-order valence-electron chi connectivity index (χ2n) is 5.13. The molecule has 0 aromatic heterocycles. The van der Waals surface area contributed by atoms with Gasteiger partial charge in [-0.2, -0.15) is 0 Å². The Morgan fingerprint density at radius 2 is 1.79 bits per heavy atom. The van der Waals surface area contributed by atoms with Crippen molar-refractivity contribution < 1.29 is 14.3 Å². The molecule has 0 aliphatic rings. The van der Waals surface area contributed by atoms with Crippen LogP contribution in [0.2, 0.25) is 0 Å². The Morgan fingerprint density at radius 1 is 1.04 bits per heavy atom. The second-order valence-corrected chi connectivity index (χ2v) is 6.01. The molecule has 0 bridgehead atoms. The zero-order chi connectivity index (χ0) is 17.4. The number of ether oxygens (including phenoxy) is 2. The maximum Gasteiger partial charge on any atom is 0.255 e. The van der Waals surface area contributed by atoms with Crippen LogP contribution >= 0.6 is 11.8 Å². The lowest BCUT2D eigenvalue weighted by Gasteiger charge is -2.13. The van der Waals surface area contributed by atoms with Crippen LogP contribution in [-0.2, 0) is 0 Å². The third-order valence-electron chi connectivity index (χ3n) is 3.32. The number of hydrogen-bond acceptors (Lipinski definition) is 4. The van der Waals surface area contributed by atoms with Gasteiger partial charge < -0.3 is 14.8 Å². The molecule has 2 aromatic carbocycles. The number of benzene rings is 2. The summed E-state index contributed by atoms with van der Waals surface area (Å²) in [7, 11) is 0. The molecule has 2 aromatic rings. The summed E-state index contributed by atoms with van der Waals surface area (Å²) < 4.78 is 11.3. The molecule has 128 valence electrons. The van der Waals surface area contributed by atoms with Crippen LogP contribution in [-0.4, -0.2) is 25.4 Å². The monoisotopic (exact) mass is 345 g/mol. The van der Waals surface area contributed by atoms with E-state index in [1.807, 2.05) is 44.4 Å². The summed E-state index contributed by atoms with van der Waals surface area (Å²) in [4.78, 5) is 13.6. The van der Waals surface area contributed by atoms with Gasteiger partial charge in [-0.15, -0.1) is 11.8 Å². The lowest BCUT2D eigenvalue weighted by molar-refractivity contribution is 0.102. The summed E-state index contributed by atoms with van der Waals surface area (Å²) in [6.07, 6.45) is 2.94. The second kappa shape index (κ2) is 9.23. The quantitative estimate of drug-likeness (QED) is 0.695. The minimum Gasteiger partial charge on any atom is -0.490 e. The van der Waals surface area contributed by atoms with Crippen LogP contribution in [0.4, 0.5) is 5.69 Å². The topological polar surface area (TPSA) is 47.6 Å². The lowest BCUT2D eigenvalue weighted by Crippen LogP contribution is -2.12. The van der Waals surface area contributed by atoms with Crippen LogP contribution in [0, 0.1) is 0 Å². The number of carbonyl (C=O) groups is 1. The van der Waals surface area contributed by atoms with Gasteiger partial charge in [0.2, 0.25) is 0 Å². The number of hydrogen-bond donors (Lipinski definition) is 1. The fraction of sp³-hybridized carbons (Fsp3) is 0.316. The molecule has 0 saturated carbocycles. The van der Waals surface area contributed by atoms with Crippen molar-refractivity contribution in [1.29, 1.82) is 0 Å². The first-order valence-electron chi connectivity index (χ1n) is 8.03. The van der Waals surface area contributed by atoms with E-state index < -0.39 is 0 Å². The highest BCUT2D eigenvalue weighted by molar-refractivity contribution is 7.98. The number of nitrogens with one attached hydrogen (secondary N) is 1. The number of thioether (sulfide) groups is 1. The number of amides is 1. The first kappa shape index (κ1) is 18.2. The van der Waals surface area contributed by atoms with Gasteiger partial charge in [0.05, 0.1) is 13.2 Å². The van der Waals surface area contributed by atoms with E-state index >= 15 is 0 Å². The van der Waals surface area contributed by atoms with Gasteiger partial charge in [0, 0.05) is 16.1 Å². The van der Waals surface area contributed by atoms with Crippen LogP contribution in [0.15, 0.2) is 47.4 Å². The molecule has 1 amide bonds. The van der Waals surface area contributed by atoms with Gasteiger partial charge in [0.15, 0.2) is 11.5 Å². The molecule has 0 heterocycles. The Kier molecular flexibility index (Phi) is 7.00. The maximum absolute atomic E-state index is 12.4. The predicted molar refractivity (Wildman–Crippen MR) is 99.6 cm³/mol. The van der Waals surface area contributed by atoms with Gasteiger partial charge in [0.1, 0.15) is 0 Å². The molecule has 0 aliphatic heterocycles. The van der Waals surface area contributed by atoms with E-state index in [-0.39, 0.29) is 5.91 Å². The minimum absolute atomic E-state index is 0.171. The Hall–Kier alpha value is -2.14. The fourth-order valence-corrected chi connectivity index (χ4v) is 2.53. The summed E-state index contributed by atoms with van der Waals surface area (Å²) in [5.41, 5.74) is 1.30. The maximum atomic E-state index is 12.4. The van der Waals surface area contributed by atoms with E-state index in [1.54, 1.807) is 30.0 Å². The SMILES string of the molecule is CCCOc1ccc(C(=O)Nc2ccc(SC)cc2)cc1OCC. The highest BCUT2D eigenvalue weighted by Gasteiger charge is 2.12. The van der Waals surface area contributed by atoms with Crippen molar-refractivity contribution in [3.8, 4) is 11.5 Å². The molecule has 5 heteroatoms. The summed E-state index contributed by atoms with van der Waals surface area (Å²) in [6, 6.07) is 13.0. The Balaban J connectivity index is 2.13. The minimum atomic E-state index is -0.171. The molecule has 0 fully saturated rings. The van der Waals surface area contributed by atoms with Gasteiger partial charge >= 0.3 is 0 Å². The molecule has 0 atom stereocenters. The molecule has 0 radical (unpaired) electrons. The van der Waals surface area contributed by atoms with E-state index in [2.05, 4.69) is 5.32 Å². The van der Waals surface area contributed by atoms with Crippen LogP contribution in [0.1, 0.15) is 30.6 Å². The Morgan fingerprint density at radius 3 is 2.42 bits per heavy atom. The van der Waals surface area contributed by atoms with Crippen molar-refractivity contribution in [2.24, 2.45) is 0 Å². The number of anilines is 1. The van der Waals surface area contributed by atoms with E-state index in [0.717, 1.165) is 17.0 Å². The number of rotatable bonds is 8. The molecule has 0 saturated heterocycles. The normalized spacial score (nSPS) is 10.3. The van der Waals surface area contributed by atoms with E-state index in [4.69, 9.17) is 9.47 Å². The lowest BCUT2D eigenvalue weighted by atomic mass is 10.2. The third kappa shape index (κ3) is 4.93. The van der Waals surface area contributed by atoms with Crippen molar-refractivity contribution in [2.45, 2.75) is 25.2 Å². The molecule has 2 rings (SSSR count). The first-order valence-corrected chi connectivity index (χ1v) is 9.25. The molecular weight excluding hydrogens is 322 g/mol. The molecule has 0 unspecified atom stereocenters. The Labute approximate surface area is 147 Å². The van der Waals surface area contributed by atoms with Gasteiger partial charge in [-0.3, -0.25) is 4.79 Å².